The van der Waals surface area contributed by atoms with Gasteiger partial charge in [-0.2, -0.15) is 0 Å². The summed E-state index contributed by atoms with van der Waals surface area (Å²) >= 11 is 0. The third kappa shape index (κ3) is 3.58. The minimum Gasteiger partial charge on any atom is -0.305 e. The van der Waals surface area contributed by atoms with Crippen LogP contribution in [-0.4, -0.2) is 30.6 Å². The molecule has 106 valence electrons. The van der Waals surface area contributed by atoms with Crippen molar-refractivity contribution < 1.29 is 0 Å². The lowest BCUT2D eigenvalue weighted by Gasteiger charge is -2.44. The largest absolute Gasteiger partial charge is 0.305 e. The summed E-state index contributed by atoms with van der Waals surface area (Å²) in [6, 6.07) is 11.6. The molecule has 0 radical (unpaired) electrons. The van der Waals surface area contributed by atoms with Gasteiger partial charge in [-0.05, 0) is 25.8 Å². The van der Waals surface area contributed by atoms with E-state index in [9.17, 15) is 0 Å². The Morgan fingerprint density at radius 3 is 2.74 bits per heavy atom. The number of hydrogen-bond acceptors (Lipinski definition) is 2. The van der Waals surface area contributed by atoms with Gasteiger partial charge in [0, 0.05) is 25.7 Å². The molecule has 2 atom stereocenters. The Morgan fingerprint density at radius 1 is 1.32 bits per heavy atom. The molecule has 2 nitrogen and oxygen atoms in total. The maximum atomic E-state index is 3.71. The van der Waals surface area contributed by atoms with Gasteiger partial charge in [-0.25, -0.2) is 0 Å². The molecule has 1 saturated heterocycles. The fourth-order valence-corrected chi connectivity index (χ4v) is 3.07. The van der Waals surface area contributed by atoms with Crippen LogP contribution in [0.1, 0.15) is 45.6 Å². The molecular weight excluding hydrogens is 232 g/mol. The summed E-state index contributed by atoms with van der Waals surface area (Å²) in [5.74, 6) is 0. The Hall–Kier alpha value is -0.860. The van der Waals surface area contributed by atoms with Gasteiger partial charge in [-0.3, -0.25) is 4.90 Å². The lowest BCUT2D eigenvalue weighted by molar-refractivity contribution is 0.101. The van der Waals surface area contributed by atoms with Crippen LogP contribution in [0, 0.1) is 0 Å². The number of unbranched alkanes of at least 4 members (excludes halogenated alkanes) is 1. The van der Waals surface area contributed by atoms with Gasteiger partial charge in [0.2, 0.25) is 0 Å². The molecule has 2 heteroatoms. The van der Waals surface area contributed by atoms with Crippen LogP contribution in [0.2, 0.25) is 0 Å². The molecule has 0 aromatic heterocycles. The molecule has 1 aromatic carbocycles. The molecule has 2 unspecified atom stereocenters. The second-order valence-corrected chi connectivity index (χ2v) is 6.09. The van der Waals surface area contributed by atoms with Crippen LogP contribution >= 0.6 is 0 Å². The zero-order valence-electron chi connectivity index (χ0n) is 12.7. The molecule has 1 heterocycles. The SMILES string of the molecule is CCCCC(C)N1CCNC(C)(c2ccccc2)C1. The third-order valence-corrected chi connectivity index (χ3v) is 4.44. The second kappa shape index (κ2) is 6.53. The van der Waals surface area contributed by atoms with E-state index < -0.39 is 0 Å². The van der Waals surface area contributed by atoms with E-state index in [4.69, 9.17) is 0 Å². The summed E-state index contributed by atoms with van der Waals surface area (Å²) in [5.41, 5.74) is 1.50. The minimum atomic E-state index is 0.0972. The highest BCUT2D eigenvalue weighted by molar-refractivity contribution is 5.24. The normalized spacial score (nSPS) is 26.3. The fourth-order valence-electron chi connectivity index (χ4n) is 3.07. The highest BCUT2D eigenvalue weighted by Crippen LogP contribution is 2.26. The van der Waals surface area contributed by atoms with Gasteiger partial charge in [-0.1, -0.05) is 50.1 Å². The molecule has 1 aliphatic rings. The Morgan fingerprint density at radius 2 is 2.05 bits per heavy atom. The van der Waals surface area contributed by atoms with Crippen molar-refractivity contribution in [3.8, 4) is 0 Å². The predicted molar refractivity (Wildman–Crippen MR) is 82.4 cm³/mol. The lowest BCUT2D eigenvalue weighted by atomic mass is 9.89. The number of nitrogens with zero attached hydrogens (tertiary/aromatic N) is 1. The number of hydrogen-bond donors (Lipinski definition) is 1. The van der Waals surface area contributed by atoms with E-state index in [2.05, 4.69) is 61.3 Å². The van der Waals surface area contributed by atoms with Crippen molar-refractivity contribution in [2.75, 3.05) is 19.6 Å². The molecule has 0 bridgehead atoms. The van der Waals surface area contributed by atoms with E-state index >= 15 is 0 Å². The molecule has 1 aliphatic heterocycles. The van der Waals surface area contributed by atoms with Crippen LogP contribution in [0.5, 0.6) is 0 Å². The van der Waals surface area contributed by atoms with Crippen molar-refractivity contribution >= 4 is 0 Å². The summed E-state index contributed by atoms with van der Waals surface area (Å²) in [5, 5.41) is 3.71. The molecule has 2 rings (SSSR count). The molecule has 1 fully saturated rings. The zero-order chi connectivity index (χ0) is 13.7. The van der Waals surface area contributed by atoms with Crippen molar-refractivity contribution in [3.05, 3.63) is 35.9 Å². The summed E-state index contributed by atoms with van der Waals surface area (Å²) in [7, 11) is 0. The predicted octanol–water partition coefficient (Wildman–Crippen LogP) is 3.39. The Kier molecular flexibility index (Phi) is 5.00. The summed E-state index contributed by atoms with van der Waals surface area (Å²) < 4.78 is 0. The molecule has 0 aliphatic carbocycles. The zero-order valence-corrected chi connectivity index (χ0v) is 12.7. The van der Waals surface area contributed by atoms with Gasteiger partial charge in [-0.15, -0.1) is 0 Å². The lowest BCUT2D eigenvalue weighted by Crippen LogP contribution is -2.58. The van der Waals surface area contributed by atoms with E-state index in [0.29, 0.717) is 6.04 Å². The summed E-state index contributed by atoms with van der Waals surface area (Å²) in [6.07, 6.45) is 3.96. The molecule has 0 saturated carbocycles. The average Bonchev–Trinajstić information content (AvgIpc) is 2.46. The molecular formula is C17H28N2. The third-order valence-electron chi connectivity index (χ3n) is 4.44. The smallest absolute Gasteiger partial charge is 0.0535 e. The van der Waals surface area contributed by atoms with Crippen LogP contribution in [0.15, 0.2) is 30.3 Å². The maximum absolute atomic E-state index is 3.71. The van der Waals surface area contributed by atoms with Crippen LogP contribution in [0.25, 0.3) is 0 Å². The van der Waals surface area contributed by atoms with Crippen molar-refractivity contribution in [1.82, 2.24) is 10.2 Å². The summed E-state index contributed by atoms with van der Waals surface area (Å²) in [4.78, 5) is 2.65. The topological polar surface area (TPSA) is 15.3 Å². The highest BCUT2D eigenvalue weighted by atomic mass is 15.2. The van der Waals surface area contributed by atoms with Crippen molar-refractivity contribution in [3.63, 3.8) is 0 Å². The Labute approximate surface area is 118 Å². The van der Waals surface area contributed by atoms with Crippen LogP contribution in [0.3, 0.4) is 0 Å². The van der Waals surface area contributed by atoms with Crippen LogP contribution in [0.4, 0.5) is 0 Å². The van der Waals surface area contributed by atoms with E-state index in [1.54, 1.807) is 0 Å². The first-order valence-electron chi connectivity index (χ1n) is 7.70. The van der Waals surface area contributed by atoms with Gasteiger partial charge in [0.15, 0.2) is 0 Å². The fraction of sp³-hybridized carbons (Fsp3) is 0.647. The number of rotatable bonds is 5. The highest BCUT2D eigenvalue weighted by Gasteiger charge is 2.33. The molecule has 1 aromatic rings. The van der Waals surface area contributed by atoms with Gasteiger partial charge >= 0.3 is 0 Å². The Balaban J connectivity index is 2.04. The van der Waals surface area contributed by atoms with Crippen molar-refractivity contribution in [1.29, 1.82) is 0 Å². The monoisotopic (exact) mass is 260 g/mol. The second-order valence-electron chi connectivity index (χ2n) is 6.09. The van der Waals surface area contributed by atoms with Crippen molar-refractivity contribution in [2.45, 2.75) is 51.6 Å². The van der Waals surface area contributed by atoms with E-state index in [1.165, 1.54) is 31.4 Å². The summed E-state index contributed by atoms with van der Waals surface area (Å²) in [6.45, 7) is 10.4. The van der Waals surface area contributed by atoms with E-state index in [-0.39, 0.29) is 5.54 Å². The molecule has 0 amide bonds. The van der Waals surface area contributed by atoms with E-state index in [1.807, 2.05) is 0 Å². The van der Waals surface area contributed by atoms with Gasteiger partial charge in [0.25, 0.3) is 0 Å². The van der Waals surface area contributed by atoms with Crippen molar-refractivity contribution in [2.24, 2.45) is 0 Å². The van der Waals surface area contributed by atoms with Crippen LogP contribution in [-0.2, 0) is 5.54 Å². The minimum absolute atomic E-state index is 0.0972. The molecule has 19 heavy (non-hydrogen) atoms. The standard InChI is InChI=1S/C17H28N2/c1-4-5-9-15(2)19-13-12-18-17(3,14-19)16-10-7-6-8-11-16/h6-8,10-11,15,18H,4-5,9,12-14H2,1-3H3. The van der Waals surface area contributed by atoms with Gasteiger partial charge in [0.05, 0.1) is 5.54 Å². The Bertz CT molecular complexity index is 376. The van der Waals surface area contributed by atoms with Gasteiger partial charge < -0.3 is 5.32 Å². The molecule has 0 spiro atoms. The first kappa shape index (κ1) is 14.5. The maximum Gasteiger partial charge on any atom is 0.0535 e. The average molecular weight is 260 g/mol. The van der Waals surface area contributed by atoms with Crippen LogP contribution < -0.4 is 5.32 Å². The molecule has 1 N–H and O–H groups in total. The number of nitrogens with one attached hydrogen (secondary N) is 1. The van der Waals surface area contributed by atoms with E-state index in [0.717, 1.165) is 13.1 Å². The van der Waals surface area contributed by atoms with Gasteiger partial charge in [0.1, 0.15) is 0 Å². The quantitative estimate of drug-likeness (QED) is 0.873. The number of benzene rings is 1. The number of piperazine rings is 1. The first-order valence-corrected chi connectivity index (χ1v) is 7.70. The first-order chi connectivity index (χ1) is 9.15.